The maximum atomic E-state index is 11.2. The van der Waals surface area contributed by atoms with Crippen LogP contribution in [0.4, 0.5) is 0 Å². The largest absolute Gasteiger partial charge is 0.491 e. The van der Waals surface area contributed by atoms with E-state index in [0.29, 0.717) is 17.9 Å². The van der Waals surface area contributed by atoms with Gasteiger partial charge in [-0.25, -0.2) is 4.79 Å². The second-order valence-electron chi connectivity index (χ2n) is 5.45. The number of carbonyl (C=O) groups is 1. The first kappa shape index (κ1) is 20.5. The Morgan fingerprint density at radius 3 is 2.20 bits per heavy atom. The molecule has 4 nitrogen and oxygen atoms in total. The van der Waals surface area contributed by atoms with Crippen LogP contribution >= 0.6 is 0 Å². The van der Waals surface area contributed by atoms with E-state index in [1.807, 2.05) is 54.6 Å². The van der Waals surface area contributed by atoms with E-state index >= 15 is 0 Å². The monoisotopic (exact) mass is 342 g/mol. The first-order valence-corrected chi connectivity index (χ1v) is 8.32. The minimum atomic E-state index is -0.377. The van der Waals surface area contributed by atoms with Crippen LogP contribution in [0.3, 0.4) is 0 Å². The van der Waals surface area contributed by atoms with Gasteiger partial charge in [-0.05, 0) is 43.2 Å². The van der Waals surface area contributed by atoms with Crippen molar-refractivity contribution in [3.05, 3.63) is 72.3 Å². The van der Waals surface area contributed by atoms with E-state index in [-0.39, 0.29) is 12.6 Å². The van der Waals surface area contributed by atoms with Crippen molar-refractivity contribution in [2.45, 2.75) is 26.7 Å². The highest BCUT2D eigenvalue weighted by Crippen LogP contribution is 2.14. The van der Waals surface area contributed by atoms with E-state index < -0.39 is 0 Å². The molecule has 0 aliphatic rings. The number of benzene rings is 2. The van der Waals surface area contributed by atoms with Crippen molar-refractivity contribution >= 4 is 5.97 Å². The second-order valence-corrected chi connectivity index (χ2v) is 5.45. The van der Waals surface area contributed by atoms with Crippen LogP contribution in [0.25, 0.3) is 0 Å². The van der Waals surface area contributed by atoms with Gasteiger partial charge in [-0.15, -0.1) is 0 Å². The molecule has 1 N–H and O–H groups in total. The van der Waals surface area contributed by atoms with Gasteiger partial charge in [0.05, 0.1) is 6.61 Å². The average Bonchev–Trinajstić information content (AvgIpc) is 2.63. The standard InChI is InChI=1S/C13H16O2.C8H10O2/c1-4-5-11-6-8-12(9-7-11)15-13(14)10(2)3;9-6-7-10-8-4-2-1-3-5-8/h6-9H,2,4-5H2,1,3H3;1-5,9H,6-7H2. The zero-order valence-electron chi connectivity index (χ0n) is 14.9. The van der Waals surface area contributed by atoms with Crippen molar-refractivity contribution in [1.29, 1.82) is 0 Å². The fourth-order valence-electron chi connectivity index (χ4n) is 1.89. The minimum Gasteiger partial charge on any atom is -0.491 e. The maximum absolute atomic E-state index is 11.2. The van der Waals surface area contributed by atoms with E-state index in [0.717, 1.165) is 18.6 Å². The summed E-state index contributed by atoms with van der Waals surface area (Å²) in [4.78, 5) is 11.2. The van der Waals surface area contributed by atoms with Crippen LogP contribution in [-0.2, 0) is 11.2 Å². The lowest BCUT2D eigenvalue weighted by Gasteiger charge is -2.04. The van der Waals surface area contributed by atoms with Gasteiger partial charge in [-0.3, -0.25) is 0 Å². The van der Waals surface area contributed by atoms with Crippen molar-refractivity contribution in [2.24, 2.45) is 0 Å². The molecule has 0 aliphatic heterocycles. The summed E-state index contributed by atoms with van der Waals surface area (Å²) in [6.45, 7) is 7.72. The molecule has 0 unspecified atom stereocenters. The van der Waals surface area contributed by atoms with Crippen LogP contribution in [0.5, 0.6) is 11.5 Å². The lowest BCUT2D eigenvalue weighted by atomic mass is 10.1. The van der Waals surface area contributed by atoms with Crippen molar-refractivity contribution in [2.75, 3.05) is 13.2 Å². The molecule has 0 atom stereocenters. The van der Waals surface area contributed by atoms with Crippen molar-refractivity contribution in [3.63, 3.8) is 0 Å². The predicted octanol–water partition coefficient (Wildman–Crippen LogP) is 4.18. The van der Waals surface area contributed by atoms with Gasteiger partial charge in [0.25, 0.3) is 0 Å². The Morgan fingerprint density at radius 1 is 1.04 bits per heavy atom. The molecule has 0 aromatic heterocycles. The fraction of sp³-hybridized carbons (Fsp3) is 0.286. The number of para-hydroxylation sites is 1. The van der Waals surface area contributed by atoms with E-state index in [1.54, 1.807) is 6.92 Å². The van der Waals surface area contributed by atoms with Gasteiger partial charge in [0.2, 0.25) is 0 Å². The number of aliphatic hydroxyl groups excluding tert-OH is 1. The second kappa shape index (κ2) is 11.9. The summed E-state index contributed by atoms with van der Waals surface area (Å²) in [6, 6.07) is 17.0. The van der Waals surface area contributed by atoms with Gasteiger partial charge < -0.3 is 14.6 Å². The van der Waals surface area contributed by atoms with Gasteiger partial charge in [-0.1, -0.05) is 50.3 Å². The summed E-state index contributed by atoms with van der Waals surface area (Å²) >= 11 is 0. The summed E-state index contributed by atoms with van der Waals surface area (Å²) in [7, 11) is 0. The highest BCUT2D eigenvalue weighted by molar-refractivity contribution is 5.88. The SMILES string of the molecule is C=C(C)C(=O)Oc1ccc(CCC)cc1.OCCOc1ccccc1. The molecule has 0 aliphatic carbocycles. The number of esters is 1. The molecule has 0 heterocycles. The normalized spacial score (nSPS) is 9.56. The quantitative estimate of drug-likeness (QED) is 0.466. The topological polar surface area (TPSA) is 55.8 Å². The summed E-state index contributed by atoms with van der Waals surface area (Å²) in [5, 5.41) is 8.40. The van der Waals surface area contributed by atoms with Crippen LogP contribution in [-0.4, -0.2) is 24.3 Å². The Bertz CT molecular complexity index is 633. The molecule has 0 radical (unpaired) electrons. The van der Waals surface area contributed by atoms with Gasteiger partial charge in [0, 0.05) is 5.57 Å². The zero-order chi connectivity index (χ0) is 18.5. The van der Waals surface area contributed by atoms with Gasteiger partial charge in [0.1, 0.15) is 18.1 Å². The van der Waals surface area contributed by atoms with Crippen LogP contribution in [0, 0.1) is 0 Å². The maximum Gasteiger partial charge on any atom is 0.338 e. The van der Waals surface area contributed by atoms with Crippen molar-refractivity contribution in [1.82, 2.24) is 0 Å². The Hall–Kier alpha value is -2.59. The molecule has 134 valence electrons. The molecule has 0 saturated heterocycles. The number of ether oxygens (including phenoxy) is 2. The van der Waals surface area contributed by atoms with Gasteiger partial charge in [-0.2, -0.15) is 0 Å². The molecule has 4 heteroatoms. The molecular formula is C21H26O4. The summed E-state index contributed by atoms with van der Waals surface area (Å²) in [5.74, 6) is 0.998. The smallest absolute Gasteiger partial charge is 0.338 e. The minimum absolute atomic E-state index is 0.0644. The number of rotatable bonds is 7. The zero-order valence-corrected chi connectivity index (χ0v) is 14.9. The van der Waals surface area contributed by atoms with Gasteiger partial charge in [0.15, 0.2) is 0 Å². The highest BCUT2D eigenvalue weighted by atomic mass is 16.5. The number of carbonyl (C=O) groups excluding carboxylic acids is 1. The van der Waals surface area contributed by atoms with Crippen LogP contribution < -0.4 is 9.47 Å². The van der Waals surface area contributed by atoms with Crippen LogP contribution in [0.2, 0.25) is 0 Å². The molecule has 2 rings (SSSR count). The third-order valence-electron chi connectivity index (χ3n) is 3.12. The lowest BCUT2D eigenvalue weighted by Crippen LogP contribution is -2.07. The third kappa shape index (κ3) is 8.72. The average molecular weight is 342 g/mol. The summed E-state index contributed by atoms with van der Waals surface area (Å²) in [6.07, 6.45) is 2.17. The third-order valence-corrected chi connectivity index (χ3v) is 3.12. The molecule has 2 aromatic rings. The highest BCUT2D eigenvalue weighted by Gasteiger charge is 2.04. The number of aryl methyl sites for hydroxylation is 1. The molecule has 0 saturated carbocycles. The fourth-order valence-corrected chi connectivity index (χ4v) is 1.89. The first-order valence-electron chi connectivity index (χ1n) is 8.32. The molecule has 2 aromatic carbocycles. The Kier molecular flexibility index (Phi) is 9.71. The molecule has 25 heavy (non-hydrogen) atoms. The predicted molar refractivity (Wildman–Crippen MR) is 99.9 cm³/mol. The van der Waals surface area contributed by atoms with Gasteiger partial charge >= 0.3 is 5.97 Å². The summed E-state index contributed by atoms with van der Waals surface area (Å²) in [5.41, 5.74) is 1.67. The molecule has 0 bridgehead atoms. The first-order chi connectivity index (χ1) is 12.1. The number of hydrogen-bond acceptors (Lipinski definition) is 4. The van der Waals surface area contributed by atoms with E-state index in [2.05, 4.69) is 13.5 Å². The summed E-state index contributed by atoms with van der Waals surface area (Å²) < 4.78 is 10.2. The van der Waals surface area contributed by atoms with E-state index in [1.165, 1.54) is 5.56 Å². The molecule has 0 fully saturated rings. The Labute approximate surface area is 149 Å². The van der Waals surface area contributed by atoms with Crippen molar-refractivity contribution in [3.8, 4) is 11.5 Å². The number of hydrogen-bond donors (Lipinski definition) is 1. The van der Waals surface area contributed by atoms with Crippen molar-refractivity contribution < 1.29 is 19.4 Å². The molecule has 0 spiro atoms. The van der Waals surface area contributed by atoms with E-state index in [9.17, 15) is 4.79 Å². The Balaban J connectivity index is 0.000000271. The van der Waals surface area contributed by atoms with Crippen LogP contribution in [0.1, 0.15) is 25.8 Å². The van der Waals surface area contributed by atoms with Crippen LogP contribution in [0.15, 0.2) is 66.7 Å². The molecule has 0 amide bonds. The Morgan fingerprint density at radius 2 is 1.68 bits per heavy atom. The van der Waals surface area contributed by atoms with E-state index in [4.69, 9.17) is 14.6 Å². The molecular weight excluding hydrogens is 316 g/mol. The number of aliphatic hydroxyl groups is 1. The lowest BCUT2D eigenvalue weighted by molar-refractivity contribution is -0.130.